The highest BCUT2D eigenvalue weighted by Crippen LogP contribution is 2.44. The van der Waals surface area contributed by atoms with Gasteiger partial charge >= 0.3 is 0 Å². The van der Waals surface area contributed by atoms with E-state index in [1.807, 2.05) is 47.5 Å². The largest absolute Gasteiger partial charge is 0.338 e. The number of nitrogens with zero attached hydrogens (tertiary/aromatic N) is 6. The van der Waals surface area contributed by atoms with E-state index < -0.39 is 0 Å². The van der Waals surface area contributed by atoms with Crippen molar-refractivity contribution < 1.29 is 0 Å². The fourth-order valence-electron chi connectivity index (χ4n) is 6.35. The van der Waals surface area contributed by atoms with E-state index in [0.717, 1.165) is 6.67 Å². The zero-order valence-electron chi connectivity index (χ0n) is 23.4. The van der Waals surface area contributed by atoms with Gasteiger partial charge in [-0.25, -0.2) is 0 Å². The Morgan fingerprint density at radius 3 is 1.54 bits per heavy atom. The second-order valence-corrected chi connectivity index (χ2v) is 13.1. The molecule has 8 rings (SSSR count). The van der Waals surface area contributed by atoms with Crippen LogP contribution in [0.5, 0.6) is 0 Å². The van der Waals surface area contributed by atoms with Gasteiger partial charge in [0, 0.05) is 80.5 Å². The van der Waals surface area contributed by atoms with Gasteiger partial charge in [-0.1, -0.05) is 24.3 Å². The van der Waals surface area contributed by atoms with Crippen molar-refractivity contribution in [1.82, 2.24) is 19.8 Å². The molecule has 2 aliphatic rings. The van der Waals surface area contributed by atoms with Crippen LogP contribution >= 0.6 is 22.7 Å². The third-order valence-corrected chi connectivity index (χ3v) is 11.1. The molecule has 0 amide bonds. The number of pyridine rings is 2. The molecule has 0 aliphatic carbocycles. The van der Waals surface area contributed by atoms with Crippen molar-refractivity contribution in [3.8, 4) is 0 Å². The lowest BCUT2D eigenvalue weighted by molar-refractivity contribution is 0.176. The van der Waals surface area contributed by atoms with E-state index in [1.165, 1.54) is 62.8 Å². The second kappa shape index (κ2) is 9.19. The van der Waals surface area contributed by atoms with E-state index in [1.54, 1.807) is 0 Å². The Labute approximate surface area is 247 Å². The number of rotatable bonds is 4. The van der Waals surface area contributed by atoms with Crippen molar-refractivity contribution in [1.29, 1.82) is 0 Å². The highest BCUT2D eigenvalue weighted by Gasteiger charge is 2.32. The van der Waals surface area contributed by atoms with Gasteiger partial charge in [-0.3, -0.25) is 9.97 Å². The van der Waals surface area contributed by atoms with Gasteiger partial charge in [0.1, 0.15) is 12.3 Å². The average Bonchev–Trinajstić information content (AvgIpc) is 3.73. The molecule has 2 aromatic carbocycles. The number of thiophene rings is 2. The van der Waals surface area contributed by atoms with Crippen LogP contribution in [0.3, 0.4) is 0 Å². The summed E-state index contributed by atoms with van der Waals surface area (Å²) in [6.45, 7) is 9.84. The summed E-state index contributed by atoms with van der Waals surface area (Å²) in [6.07, 6.45) is 17.1. The Hall–Kier alpha value is -4.14. The first-order valence-electron chi connectivity index (χ1n) is 14.0. The fraction of sp³-hybridized carbons (Fsp3) is 0.212. The highest BCUT2D eigenvalue weighted by molar-refractivity contribution is 7.26. The summed E-state index contributed by atoms with van der Waals surface area (Å²) >= 11 is 3.72. The molecule has 8 heteroatoms. The summed E-state index contributed by atoms with van der Waals surface area (Å²) < 4.78 is 5.22. The van der Waals surface area contributed by atoms with Gasteiger partial charge in [-0.15, -0.1) is 22.7 Å². The number of hydrogen-bond donors (Lipinski definition) is 0. The zero-order chi connectivity index (χ0) is 27.8. The molecule has 6 heterocycles. The van der Waals surface area contributed by atoms with Crippen LogP contribution in [0.15, 0.2) is 86.0 Å². The van der Waals surface area contributed by atoms with Crippen LogP contribution in [0.1, 0.15) is 25.0 Å². The van der Waals surface area contributed by atoms with Crippen LogP contribution in [-0.2, 0) is 0 Å². The first kappa shape index (κ1) is 24.6. The Morgan fingerprint density at radius 1 is 0.610 bits per heavy atom. The smallest absolute Gasteiger partial charge is 0.104 e. The lowest BCUT2D eigenvalue weighted by Crippen LogP contribution is -2.45. The first-order chi connectivity index (χ1) is 20.0. The number of aryl methyl sites for hydroxylation is 2. The number of fused-ring (bicyclic) bond motifs is 6. The summed E-state index contributed by atoms with van der Waals surface area (Å²) in [6, 6.07) is 13.2. The second-order valence-electron chi connectivity index (χ2n) is 11.0. The molecule has 204 valence electrons. The molecule has 2 aliphatic heterocycles. The number of hydrogen-bond acceptors (Lipinski definition) is 8. The predicted molar refractivity (Wildman–Crippen MR) is 174 cm³/mol. The summed E-state index contributed by atoms with van der Waals surface area (Å²) in [5.41, 5.74) is 5.17. The fourth-order valence-corrected chi connectivity index (χ4v) is 8.90. The maximum atomic E-state index is 4.39. The number of aromatic nitrogens is 2. The van der Waals surface area contributed by atoms with Crippen LogP contribution in [-0.4, -0.2) is 38.8 Å². The molecule has 0 bridgehead atoms. The normalized spacial score (nSPS) is 18.9. The van der Waals surface area contributed by atoms with Gasteiger partial charge in [0.05, 0.1) is 27.4 Å². The van der Waals surface area contributed by atoms with Crippen LogP contribution in [0, 0.1) is 13.8 Å². The molecule has 0 saturated carbocycles. The average molecular weight is 575 g/mol. The Kier molecular flexibility index (Phi) is 5.52. The molecule has 0 saturated heterocycles. The van der Waals surface area contributed by atoms with Crippen molar-refractivity contribution >= 4 is 74.4 Å². The summed E-state index contributed by atoms with van der Waals surface area (Å²) in [5.74, 6) is 0. The lowest BCUT2D eigenvalue weighted by atomic mass is 10.1. The molecule has 0 N–H and O–H groups in total. The third-order valence-electron chi connectivity index (χ3n) is 8.68. The van der Waals surface area contributed by atoms with E-state index in [-0.39, 0.29) is 12.3 Å². The van der Waals surface area contributed by atoms with Gasteiger partial charge in [0.25, 0.3) is 0 Å². The molecular weight excluding hydrogens is 545 g/mol. The van der Waals surface area contributed by atoms with Gasteiger partial charge < -0.3 is 19.6 Å². The van der Waals surface area contributed by atoms with Gasteiger partial charge in [-0.05, 0) is 51.0 Å². The van der Waals surface area contributed by atoms with Gasteiger partial charge in [0.15, 0.2) is 0 Å². The predicted octanol–water partition coefficient (Wildman–Crippen LogP) is 8.37. The topological polar surface area (TPSA) is 38.7 Å². The Balaban J connectivity index is 1.08. The van der Waals surface area contributed by atoms with Crippen LogP contribution in [0.25, 0.3) is 40.3 Å². The minimum absolute atomic E-state index is 0.192. The summed E-state index contributed by atoms with van der Waals surface area (Å²) in [5, 5.41) is 5.03. The van der Waals surface area contributed by atoms with Crippen molar-refractivity contribution in [2.75, 3.05) is 16.5 Å². The molecule has 0 spiro atoms. The molecule has 6 aromatic rings. The van der Waals surface area contributed by atoms with E-state index in [9.17, 15) is 0 Å². The molecule has 4 aromatic heterocycles. The quantitative estimate of drug-likeness (QED) is 0.211. The molecule has 2 atom stereocenters. The summed E-state index contributed by atoms with van der Waals surface area (Å²) in [4.78, 5) is 18.5. The maximum absolute atomic E-state index is 4.39. The lowest BCUT2D eigenvalue weighted by Gasteiger charge is -2.37. The summed E-state index contributed by atoms with van der Waals surface area (Å²) in [7, 11) is 0. The van der Waals surface area contributed by atoms with E-state index >= 15 is 0 Å². The Bertz CT molecular complexity index is 1890. The SMILES string of the molecule is Cc1ccc2c(sc3ccncc32)c1N1C=CN(CN2C=CN(c3c(C)ccc4c3sc3ccncc34)[C@H]2C)[C@H]1C. The number of benzene rings is 2. The van der Waals surface area contributed by atoms with Crippen molar-refractivity contribution in [2.45, 2.75) is 40.0 Å². The van der Waals surface area contributed by atoms with E-state index in [0.29, 0.717) is 0 Å². The van der Waals surface area contributed by atoms with Crippen molar-refractivity contribution in [2.24, 2.45) is 0 Å². The maximum Gasteiger partial charge on any atom is 0.104 e. The molecule has 0 radical (unpaired) electrons. The van der Waals surface area contributed by atoms with E-state index in [2.05, 4.69) is 118 Å². The molecule has 0 unspecified atom stereocenters. The van der Waals surface area contributed by atoms with Gasteiger partial charge in [-0.2, -0.15) is 0 Å². The first-order valence-corrected chi connectivity index (χ1v) is 15.6. The van der Waals surface area contributed by atoms with Crippen LogP contribution < -0.4 is 9.80 Å². The van der Waals surface area contributed by atoms with Crippen LogP contribution in [0.2, 0.25) is 0 Å². The minimum Gasteiger partial charge on any atom is -0.338 e. The Morgan fingerprint density at radius 2 is 1.07 bits per heavy atom. The van der Waals surface area contributed by atoms with Crippen molar-refractivity contribution in [3.05, 3.63) is 97.1 Å². The standard InChI is InChI=1S/C33H30N6S2/c1-20-5-7-24-26-17-34-11-9-28(26)40-32(24)30(20)38-15-13-36(22(38)3)19-37-14-16-39(23(37)4)31-21(2)6-8-25-27-18-35-12-10-29(27)41-33(25)31/h5-18,22-23H,19H2,1-4H3/t22-,23+. The molecular formula is C33H30N6S2. The molecule has 6 nitrogen and oxygen atoms in total. The van der Waals surface area contributed by atoms with E-state index in [4.69, 9.17) is 0 Å². The highest BCUT2D eigenvalue weighted by atomic mass is 32.1. The number of anilines is 2. The molecule has 0 fully saturated rings. The third kappa shape index (κ3) is 3.67. The minimum atomic E-state index is 0.192. The zero-order valence-corrected chi connectivity index (χ0v) is 25.1. The molecule has 41 heavy (non-hydrogen) atoms. The van der Waals surface area contributed by atoms with Gasteiger partial charge in [0.2, 0.25) is 0 Å². The van der Waals surface area contributed by atoms with Crippen molar-refractivity contribution in [3.63, 3.8) is 0 Å². The monoisotopic (exact) mass is 574 g/mol. The van der Waals surface area contributed by atoms with Crippen LogP contribution in [0.4, 0.5) is 11.4 Å².